The molecule has 1 aliphatic heterocycles. The zero-order valence-corrected chi connectivity index (χ0v) is 11.5. The van der Waals surface area contributed by atoms with Crippen LogP contribution in [0.15, 0.2) is 24.3 Å². The number of phenolic OH excluding ortho intramolecular Hbond substituents is 1. The van der Waals surface area contributed by atoms with Crippen molar-refractivity contribution < 1.29 is 20.4 Å². The van der Waals surface area contributed by atoms with Crippen LogP contribution in [0.1, 0.15) is 18.4 Å². The van der Waals surface area contributed by atoms with Crippen LogP contribution in [-0.2, 0) is 6.42 Å². The van der Waals surface area contributed by atoms with E-state index in [1.165, 1.54) is 5.56 Å². The lowest BCUT2D eigenvalue weighted by molar-refractivity contribution is 0.0216. The van der Waals surface area contributed by atoms with Crippen LogP contribution in [0.2, 0.25) is 0 Å². The quantitative estimate of drug-likeness (QED) is 0.556. The monoisotopic (exact) mass is 281 g/mol. The number of likely N-dealkylation sites (tertiary alicyclic amines) is 1. The largest absolute Gasteiger partial charge is 0.508 e. The van der Waals surface area contributed by atoms with E-state index in [0.717, 1.165) is 25.8 Å². The molecule has 1 aromatic carbocycles. The Morgan fingerprint density at radius 3 is 2.45 bits per heavy atom. The first-order chi connectivity index (χ1) is 9.61. The molecule has 0 bridgehead atoms. The third-order valence-corrected chi connectivity index (χ3v) is 3.96. The highest BCUT2D eigenvalue weighted by molar-refractivity contribution is 5.25. The smallest absolute Gasteiger partial charge is 0.115 e. The second-order valence-corrected chi connectivity index (χ2v) is 5.43. The van der Waals surface area contributed by atoms with E-state index in [1.54, 1.807) is 12.1 Å². The fourth-order valence-corrected chi connectivity index (χ4v) is 2.74. The van der Waals surface area contributed by atoms with Gasteiger partial charge in [-0.3, -0.25) is 4.90 Å². The maximum absolute atomic E-state index is 9.71. The number of hydrogen-bond donors (Lipinski definition) is 4. The van der Waals surface area contributed by atoms with E-state index in [4.69, 9.17) is 0 Å². The number of unbranched alkanes of at least 4 members (excludes halogenated alkanes) is 1. The number of rotatable bonds is 6. The van der Waals surface area contributed by atoms with E-state index in [9.17, 15) is 20.4 Å². The number of aromatic hydroxyl groups is 1. The molecule has 2 rings (SSSR count). The van der Waals surface area contributed by atoms with Gasteiger partial charge < -0.3 is 20.4 Å². The van der Waals surface area contributed by atoms with Crippen LogP contribution in [0.3, 0.4) is 0 Å². The summed E-state index contributed by atoms with van der Waals surface area (Å²) < 4.78 is 0. The van der Waals surface area contributed by atoms with Gasteiger partial charge in [-0.15, -0.1) is 0 Å². The molecule has 0 spiro atoms. The molecule has 112 valence electrons. The number of β-amino-alcohol motifs (C(OH)–C–C–N with tert-alkyl or cyclic N) is 1. The predicted octanol–water partition coefficient (Wildman–Crippen LogP) is 0.113. The summed E-state index contributed by atoms with van der Waals surface area (Å²) in [6.07, 6.45) is 1.26. The maximum Gasteiger partial charge on any atom is 0.115 e. The molecular formula is C15H23NO4. The molecule has 4 N–H and O–H groups in total. The van der Waals surface area contributed by atoms with Gasteiger partial charge in [0.2, 0.25) is 0 Å². The van der Waals surface area contributed by atoms with Crippen molar-refractivity contribution in [3.05, 3.63) is 29.8 Å². The van der Waals surface area contributed by atoms with Crippen LogP contribution in [0.25, 0.3) is 0 Å². The summed E-state index contributed by atoms with van der Waals surface area (Å²) in [6.45, 7) is 1.05. The van der Waals surface area contributed by atoms with Gasteiger partial charge in [-0.05, 0) is 43.5 Å². The Kier molecular flexibility index (Phi) is 5.37. The standard InChI is InChI=1S/C15H23NO4/c17-10-13-15(20)14(19)9-16(13)8-2-1-3-11-4-6-12(18)7-5-11/h4-7,13-15,17-20H,1-3,8-10H2/t13-,14-,15-/m1/s1. The van der Waals surface area contributed by atoms with Crippen LogP contribution in [0, 0.1) is 0 Å². The molecular weight excluding hydrogens is 258 g/mol. The average Bonchev–Trinajstić information content (AvgIpc) is 2.72. The van der Waals surface area contributed by atoms with Crippen molar-refractivity contribution in [3.8, 4) is 5.75 Å². The van der Waals surface area contributed by atoms with Gasteiger partial charge >= 0.3 is 0 Å². The first-order valence-electron chi connectivity index (χ1n) is 7.10. The zero-order valence-electron chi connectivity index (χ0n) is 11.5. The van der Waals surface area contributed by atoms with Crippen molar-refractivity contribution in [1.82, 2.24) is 4.90 Å². The third-order valence-electron chi connectivity index (χ3n) is 3.96. The highest BCUT2D eigenvalue weighted by atomic mass is 16.3. The van der Waals surface area contributed by atoms with Crippen LogP contribution in [0.5, 0.6) is 5.75 Å². The fourth-order valence-electron chi connectivity index (χ4n) is 2.74. The van der Waals surface area contributed by atoms with Crippen molar-refractivity contribution in [2.24, 2.45) is 0 Å². The van der Waals surface area contributed by atoms with E-state index in [-0.39, 0.29) is 18.4 Å². The van der Waals surface area contributed by atoms with Crippen LogP contribution >= 0.6 is 0 Å². The van der Waals surface area contributed by atoms with Gasteiger partial charge in [0, 0.05) is 6.54 Å². The first-order valence-corrected chi connectivity index (χ1v) is 7.10. The Balaban J connectivity index is 1.72. The normalized spacial score (nSPS) is 27.1. The lowest BCUT2D eigenvalue weighted by Crippen LogP contribution is -2.39. The van der Waals surface area contributed by atoms with E-state index in [1.807, 2.05) is 17.0 Å². The Morgan fingerprint density at radius 1 is 1.10 bits per heavy atom. The first kappa shape index (κ1) is 15.3. The molecule has 0 aliphatic carbocycles. The summed E-state index contributed by atoms with van der Waals surface area (Å²) in [5.41, 5.74) is 1.18. The second-order valence-electron chi connectivity index (χ2n) is 5.43. The average molecular weight is 281 g/mol. The number of hydrogen-bond acceptors (Lipinski definition) is 5. The number of aliphatic hydroxyl groups excluding tert-OH is 3. The van der Waals surface area contributed by atoms with E-state index >= 15 is 0 Å². The summed E-state index contributed by atoms with van der Waals surface area (Å²) in [6, 6.07) is 6.85. The SMILES string of the molecule is OC[C@@H]1[C@@H](O)[C@H](O)CN1CCCCc1ccc(O)cc1. The van der Waals surface area contributed by atoms with Crippen molar-refractivity contribution in [3.63, 3.8) is 0 Å². The lowest BCUT2D eigenvalue weighted by Gasteiger charge is -2.23. The second kappa shape index (κ2) is 7.04. The Hall–Kier alpha value is -1.14. The number of aliphatic hydroxyl groups is 3. The Bertz CT molecular complexity index is 409. The number of aryl methyl sites for hydroxylation is 1. The van der Waals surface area contributed by atoms with Crippen molar-refractivity contribution in [1.29, 1.82) is 0 Å². The zero-order chi connectivity index (χ0) is 14.5. The molecule has 5 nitrogen and oxygen atoms in total. The molecule has 0 amide bonds. The predicted molar refractivity (Wildman–Crippen MR) is 75.5 cm³/mol. The van der Waals surface area contributed by atoms with Crippen molar-refractivity contribution >= 4 is 0 Å². The van der Waals surface area contributed by atoms with Crippen LogP contribution < -0.4 is 0 Å². The Morgan fingerprint density at radius 2 is 1.80 bits per heavy atom. The summed E-state index contributed by atoms with van der Waals surface area (Å²) in [7, 11) is 0. The van der Waals surface area contributed by atoms with Gasteiger partial charge in [0.1, 0.15) is 5.75 Å². The molecule has 1 saturated heterocycles. The topological polar surface area (TPSA) is 84.2 Å². The molecule has 1 aromatic rings. The van der Waals surface area contributed by atoms with Gasteiger partial charge in [-0.2, -0.15) is 0 Å². The van der Waals surface area contributed by atoms with Crippen molar-refractivity contribution in [2.75, 3.05) is 19.7 Å². The lowest BCUT2D eigenvalue weighted by atomic mass is 10.1. The van der Waals surface area contributed by atoms with Gasteiger partial charge in [0.05, 0.1) is 24.9 Å². The van der Waals surface area contributed by atoms with Gasteiger partial charge in [0.15, 0.2) is 0 Å². The minimum absolute atomic E-state index is 0.129. The molecule has 1 aliphatic rings. The number of nitrogens with zero attached hydrogens (tertiary/aromatic N) is 1. The minimum Gasteiger partial charge on any atom is -0.508 e. The van der Waals surface area contributed by atoms with Crippen molar-refractivity contribution in [2.45, 2.75) is 37.5 Å². The van der Waals surface area contributed by atoms with E-state index < -0.39 is 12.2 Å². The molecule has 1 fully saturated rings. The summed E-state index contributed by atoms with van der Waals surface area (Å²) in [4.78, 5) is 1.95. The fraction of sp³-hybridized carbons (Fsp3) is 0.600. The highest BCUT2D eigenvalue weighted by Crippen LogP contribution is 2.19. The van der Waals surface area contributed by atoms with E-state index in [2.05, 4.69) is 0 Å². The van der Waals surface area contributed by atoms with E-state index in [0.29, 0.717) is 6.54 Å². The summed E-state index contributed by atoms with van der Waals surface area (Å²) in [5.74, 6) is 0.277. The summed E-state index contributed by atoms with van der Waals surface area (Å²) in [5, 5.41) is 37.8. The van der Waals surface area contributed by atoms with Crippen LogP contribution in [-0.4, -0.2) is 63.3 Å². The number of phenols is 1. The highest BCUT2D eigenvalue weighted by Gasteiger charge is 2.38. The molecule has 20 heavy (non-hydrogen) atoms. The van der Waals surface area contributed by atoms with Crippen LogP contribution in [0.4, 0.5) is 0 Å². The molecule has 5 heteroatoms. The molecule has 0 unspecified atom stereocenters. The molecule has 1 heterocycles. The van der Waals surface area contributed by atoms with Gasteiger partial charge in [0.25, 0.3) is 0 Å². The minimum atomic E-state index is -0.850. The molecule has 0 saturated carbocycles. The maximum atomic E-state index is 9.71. The third kappa shape index (κ3) is 3.70. The molecule has 0 aromatic heterocycles. The Labute approximate surface area is 119 Å². The van der Waals surface area contributed by atoms with Gasteiger partial charge in [-0.25, -0.2) is 0 Å². The number of benzene rings is 1. The van der Waals surface area contributed by atoms with Gasteiger partial charge in [-0.1, -0.05) is 12.1 Å². The molecule has 3 atom stereocenters. The molecule has 0 radical (unpaired) electrons. The summed E-state index contributed by atoms with van der Waals surface area (Å²) >= 11 is 0.